The Balaban J connectivity index is 2.55. The minimum atomic E-state index is 0.507. The van der Waals surface area contributed by atoms with Crippen LogP contribution in [0.15, 0.2) is 18.2 Å². The lowest BCUT2D eigenvalue weighted by Crippen LogP contribution is -1.89. The van der Waals surface area contributed by atoms with Crippen LogP contribution in [0.5, 0.6) is 0 Å². The molecule has 1 aromatic heterocycles. The quantitative estimate of drug-likeness (QED) is 0.727. The average Bonchev–Trinajstić information content (AvgIpc) is 2.64. The highest BCUT2D eigenvalue weighted by molar-refractivity contribution is 7.12. The van der Waals surface area contributed by atoms with Crippen LogP contribution in [0.4, 0.5) is 0 Å². The van der Waals surface area contributed by atoms with Crippen LogP contribution in [-0.2, 0) is 0 Å². The molecular weight excluding hydrogens is 250 g/mol. The van der Waals surface area contributed by atoms with Gasteiger partial charge in [-0.05, 0) is 37.5 Å². The van der Waals surface area contributed by atoms with Gasteiger partial charge in [0.05, 0.1) is 10.7 Å². The van der Waals surface area contributed by atoms with E-state index in [0.717, 1.165) is 21.3 Å². The van der Waals surface area contributed by atoms with E-state index in [1.807, 2.05) is 13.0 Å². The van der Waals surface area contributed by atoms with Gasteiger partial charge in [0.15, 0.2) is 0 Å². The Labute approximate surface area is 111 Å². The fraction of sp³-hybridized carbons (Fsp3) is 0.357. The molecule has 17 heavy (non-hydrogen) atoms. The summed E-state index contributed by atoms with van der Waals surface area (Å²) in [4.78, 5) is 6.00. The molecule has 0 unspecified atom stereocenters. The van der Waals surface area contributed by atoms with Crippen molar-refractivity contribution in [1.29, 1.82) is 0 Å². The molecule has 0 fully saturated rings. The molecule has 0 aliphatic carbocycles. The Morgan fingerprint density at radius 3 is 2.53 bits per heavy atom. The van der Waals surface area contributed by atoms with E-state index in [0.29, 0.717) is 5.92 Å². The largest absolute Gasteiger partial charge is 0.241 e. The summed E-state index contributed by atoms with van der Waals surface area (Å²) in [5, 5.41) is 1.93. The molecule has 0 atom stereocenters. The Hall–Kier alpha value is -0.860. The molecule has 0 aliphatic rings. The van der Waals surface area contributed by atoms with Crippen LogP contribution < -0.4 is 0 Å². The molecule has 0 amide bonds. The number of benzene rings is 1. The van der Waals surface area contributed by atoms with Gasteiger partial charge in [0.1, 0.15) is 0 Å². The Morgan fingerprint density at radius 1 is 1.24 bits per heavy atom. The van der Waals surface area contributed by atoms with Crippen molar-refractivity contribution < 1.29 is 0 Å². The molecule has 0 spiro atoms. The summed E-state index contributed by atoms with van der Waals surface area (Å²) >= 11 is 7.84. The van der Waals surface area contributed by atoms with E-state index < -0.39 is 0 Å². The monoisotopic (exact) mass is 265 g/mol. The van der Waals surface area contributed by atoms with Crippen molar-refractivity contribution in [3.63, 3.8) is 0 Å². The maximum Gasteiger partial charge on any atom is 0.0904 e. The third-order valence-electron chi connectivity index (χ3n) is 2.72. The molecule has 0 aliphatic heterocycles. The standard InChI is InChI=1S/C14H16ClNS/c1-8(2)14-13(16-10(4)17-14)11-5-6-12(15)9(3)7-11/h5-8H,1-4H3. The van der Waals surface area contributed by atoms with Crippen molar-refractivity contribution in [2.24, 2.45) is 0 Å². The van der Waals surface area contributed by atoms with Crippen molar-refractivity contribution in [3.8, 4) is 11.3 Å². The van der Waals surface area contributed by atoms with Crippen LogP contribution in [0, 0.1) is 13.8 Å². The number of nitrogens with zero attached hydrogens (tertiary/aromatic N) is 1. The normalized spacial score (nSPS) is 11.2. The van der Waals surface area contributed by atoms with Gasteiger partial charge in [-0.25, -0.2) is 4.98 Å². The summed E-state index contributed by atoms with van der Waals surface area (Å²) in [5.41, 5.74) is 3.38. The first-order valence-electron chi connectivity index (χ1n) is 5.73. The summed E-state index contributed by atoms with van der Waals surface area (Å²) in [5.74, 6) is 0.507. The van der Waals surface area contributed by atoms with Gasteiger partial charge in [-0.3, -0.25) is 0 Å². The molecule has 0 saturated carbocycles. The first-order chi connectivity index (χ1) is 7.99. The fourth-order valence-corrected chi connectivity index (χ4v) is 2.90. The average molecular weight is 266 g/mol. The molecule has 1 heterocycles. The lowest BCUT2D eigenvalue weighted by Gasteiger charge is -2.07. The minimum absolute atomic E-state index is 0.507. The van der Waals surface area contributed by atoms with Gasteiger partial charge in [-0.2, -0.15) is 0 Å². The van der Waals surface area contributed by atoms with Crippen molar-refractivity contribution in [3.05, 3.63) is 38.7 Å². The van der Waals surface area contributed by atoms with Crippen LogP contribution in [-0.4, -0.2) is 4.98 Å². The van der Waals surface area contributed by atoms with E-state index in [4.69, 9.17) is 11.6 Å². The second kappa shape index (κ2) is 4.79. The second-order valence-corrected chi connectivity index (χ2v) is 6.21. The van der Waals surface area contributed by atoms with Crippen molar-refractivity contribution in [2.45, 2.75) is 33.6 Å². The summed E-state index contributed by atoms with van der Waals surface area (Å²) in [6, 6.07) is 6.11. The van der Waals surface area contributed by atoms with Gasteiger partial charge in [-0.15, -0.1) is 11.3 Å². The van der Waals surface area contributed by atoms with Crippen LogP contribution in [0.1, 0.15) is 35.2 Å². The van der Waals surface area contributed by atoms with Crippen LogP contribution in [0.2, 0.25) is 5.02 Å². The SMILES string of the molecule is Cc1nc(-c2ccc(Cl)c(C)c2)c(C(C)C)s1. The maximum atomic E-state index is 6.06. The molecule has 0 saturated heterocycles. The van der Waals surface area contributed by atoms with Gasteiger partial charge in [-0.1, -0.05) is 31.5 Å². The van der Waals surface area contributed by atoms with Gasteiger partial charge < -0.3 is 0 Å². The van der Waals surface area contributed by atoms with E-state index >= 15 is 0 Å². The lowest BCUT2D eigenvalue weighted by molar-refractivity contribution is 0.888. The topological polar surface area (TPSA) is 12.9 Å². The maximum absolute atomic E-state index is 6.06. The number of thiazole rings is 1. The zero-order valence-corrected chi connectivity index (χ0v) is 12.1. The van der Waals surface area contributed by atoms with E-state index in [1.54, 1.807) is 11.3 Å². The Bertz CT molecular complexity index is 543. The minimum Gasteiger partial charge on any atom is -0.241 e. The number of hydrogen-bond donors (Lipinski definition) is 0. The number of hydrogen-bond acceptors (Lipinski definition) is 2. The van der Waals surface area contributed by atoms with Crippen LogP contribution >= 0.6 is 22.9 Å². The number of rotatable bonds is 2. The molecule has 90 valence electrons. The molecule has 2 rings (SSSR count). The third-order valence-corrected chi connectivity index (χ3v) is 4.41. The highest BCUT2D eigenvalue weighted by Crippen LogP contribution is 2.34. The zero-order valence-electron chi connectivity index (χ0n) is 10.5. The lowest BCUT2D eigenvalue weighted by atomic mass is 10.0. The van der Waals surface area contributed by atoms with Gasteiger partial charge in [0, 0.05) is 15.5 Å². The third kappa shape index (κ3) is 2.53. The highest BCUT2D eigenvalue weighted by Gasteiger charge is 2.14. The number of halogens is 1. The summed E-state index contributed by atoms with van der Waals surface area (Å²) in [6.07, 6.45) is 0. The molecule has 0 N–H and O–H groups in total. The van der Waals surface area contributed by atoms with E-state index in [9.17, 15) is 0 Å². The predicted octanol–water partition coefficient (Wildman–Crippen LogP) is 5.20. The van der Waals surface area contributed by atoms with E-state index in [2.05, 4.69) is 37.9 Å². The molecule has 2 aromatic rings. The van der Waals surface area contributed by atoms with Gasteiger partial charge >= 0.3 is 0 Å². The first kappa shape index (κ1) is 12.6. The molecule has 1 nitrogen and oxygen atoms in total. The Kier molecular flexibility index (Phi) is 3.55. The molecule has 3 heteroatoms. The summed E-state index contributed by atoms with van der Waals surface area (Å²) < 4.78 is 0. The number of aryl methyl sites for hydroxylation is 2. The van der Waals surface area contributed by atoms with E-state index in [-0.39, 0.29) is 0 Å². The molecule has 1 aromatic carbocycles. The van der Waals surface area contributed by atoms with Crippen molar-refractivity contribution in [1.82, 2.24) is 4.98 Å². The van der Waals surface area contributed by atoms with E-state index in [1.165, 1.54) is 10.4 Å². The van der Waals surface area contributed by atoms with Crippen LogP contribution in [0.25, 0.3) is 11.3 Å². The molecule has 0 radical (unpaired) electrons. The number of aromatic nitrogens is 1. The predicted molar refractivity (Wildman–Crippen MR) is 76.1 cm³/mol. The molecular formula is C14H16ClNS. The van der Waals surface area contributed by atoms with Crippen LogP contribution in [0.3, 0.4) is 0 Å². The fourth-order valence-electron chi connectivity index (χ4n) is 1.83. The van der Waals surface area contributed by atoms with Gasteiger partial charge in [0.2, 0.25) is 0 Å². The smallest absolute Gasteiger partial charge is 0.0904 e. The summed E-state index contributed by atoms with van der Waals surface area (Å²) in [7, 11) is 0. The van der Waals surface area contributed by atoms with Crippen molar-refractivity contribution >= 4 is 22.9 Å². The van der Waals surface area contributed by atoms with Gasteiger partial charge in [0.25, 0.3) is 0 Å². The molecule has 0 bridgehead atoms. The Morgan fingerprint density at radius 2 is 1.94 bits per heavy atom. The first-order valence-corrected chi connectivity index (χ1v) is 6.92. The van der Waals surface area contributed by atoms with Crippen molar-refractivity contribution in [2.75, 3.05) is 0 Å². The highest BCUT2D eigenvalue weighted by atomic mass is 35.5. The zero-order chi connectivity index (χ0) is 12.6. The second-order valence-electron chi connectivity index (χ2n) is 4.56. The summed E-state index contributed by atoms with van der Waals surface area (Å²) in [6.45, 7) is 8.50.